The van der Waals surface area contributed by atoms with Gasteiger partial charge in [0.05, 0.1) is 24.3 Å². The SMILES string of the molecule is CCOc1cc(CN[C@@H](CC)CO)cc(Br)c1OCC. The standard InChI is InChI=1S/C15H24BrNO3/c1-4-12(10-18)17-9-11-7-13(16)15(20-6-3)14(8-11)19-5-2/h7-8,12,17-18H,4-6,9-10H2,1-3H3/t12-/m0/s1. The van der Waals surface area contributed by atoms with Crippen LogP contribution < -0.4 is 14.8 Å². The van der Waals surface area contributed by atoms with E-state index in [0.717, 1.165) is 28.0 Å². The Morgan fingerprint density at radius 2 is 1.90 bits per heavy atom. The van der Waals surface area contributed by atoms with Gasteiger partial charge in [0.15, 0.2) is 11.5 Å². The molecule has 1 aromatic carbocycles. The average Bonchev–Trinajstić information content (AvgIpc) is 2.44. The first-order valence-corrected chi connectivity index (χ1v) is 7.87. The smallest absolute Gasteiger partial charge is 0.175 e. The molecule has 2 N–H and O–H groups in total. The highest BCUT2D eigenvalue weighted by molar-refractivity contribution is 9.10. The van der Waals surface area contributed by atoms with E-state index in [1.165, 1.54) is 0 Å². The highest BCUT2D eigenvalue weighted by atomic mass is 79.9. The van der Waals surface area contributed by atoms with Crippen molar-refractivity contribution >= 4 is 15.9 Å². The molecule has 1 rings (SSSR count). The average molecular weight is 346 g/mol. The van der Waals surface area contributed by atoms with Crippen molar-refractivity contribution in [2.45, 2.75) is 39.8 Å². The quantitative estimate of drug-likeness (QED) is 0.721. The number of benzene rings is 1. The van der Waals surface area contributed by atoms with E-state index in [1.807, 2.05) is 32.9 Å². The molecule has 0 aliphatic carbocycles. The van der Waals surface area contributed by atoms with Crippen LogP contribution in [0.3, 0.4) is 0 Å². The molecule has 5 heteroatoms. The van der Waals surface area contributed by atoms with Crippen LogP contribution in [0.25, 0.3) is 0 Å². The van der Waals surface area contributed by atoms with E-state index in [0.29, 0.717) is 19.8 Å². The molecular weight excluding hydrogens is 322 g/mol. The second-order valence-corrected chi connectivity index (χ2v) is 5.29. The summed E-state index contributed by atoms with van der Waals surface area (Å²) in [4.78, 5) is 0. The summed E-state index contributed by atoms with van der Waals surface area (Å²) in [6.07, 6.45) is 0.896. The molecule has 114 valence electrons. The minimum atomic E-state index is 0.121. The fourth-order valence-electron chi connectivity index (χ4n) is 1.87. The van der Waals surface area contributed by atoms with Crippen molar-refractivity contribution in [1.29, 1.82) is 0 Å². The molecule has 0 radical (unpaired) electrons. The molecule has 0 saturated heterocycles. The molecule has 0 aromatic heterocycles. The Morgan fingerprint density at radius 3 is 2.45 bits per heavy atom. The predicted octanol–water partition coefficient (Wildman–Crippen LogP) is 3.11. The summed E-state index contributed by atoms with van der Waals surface area (Å²) in [6, 6.07) is 4.12. The first-order valence-electron chi connectivity index (χ1n) is 7.08. The number of rotatable bonds is 9. The van der Waals surface area contributed by atoms with Crippen molar-refractivity contribution in [1.82, 2.24) is 5.32 Å². The molecule has 0 bridgehead atoms. The summed E-state index contributed by atoms with van der Waals surface area (Å²) >= 11 is 3.53. The zero-order valence-electron chi connectivity index (χ0n) is 12.4. The van der Waals surface area contributed by atoms with Gasteiger partial charge in [0.2, 0.25) is 0 Å². The normalized spacial score (nSPS) is 12.2. The lowest BCUT2D eigenvalue weighted by molar-refractivity contribution is 0.238. The molecule has 0 saturated carbocycles. The Hall–Kier alpha value is -0.780. The largest absolute Gasteiger partial charge is 0.490 e. The Kier molecular flexibility index (Phi) is 7.95. The zero-order chi connectivity index (χ0) is 15.0. The summed E-state index contributed by atoms with van der Waals surface area (Å²) in [5, 5.41) is 12.5. The molecule has 0 aliphatic rings. The van der Waals surface area contributed by atoms with E-state index in [2.05, 4.69) is 21.2 Å². The molecule has 4 nitrogen and oxygen atoms in total. The fraction of sp³-hybridized carbons (Fsp3) is 0.600. The minimum absolute atomic E-state index is 0.121. The third kappa shape index (κ3) is 4.96. The van der Waals surface area contributed by atoms with Crippen LogP contribution in [0.5, 0.6) is 11.5 Å². The fourth-order valence-corrected chi connectivity index (χ4v) is 2.47. The summed E-state index contributed by atoms with van der Waals surface area (Å²) in [5.74, 6) is 1.49. The maximum absolute atomic E-state index is 9.20. The van der Waals surface area contributed by atoms with E-state index >= 15 is 0 Å². The van der Waals surface area contributed by atoms with Crippen molar-refractivity contribution in [3.05, 3.63) is 22.2 Å². The van der Waals surface area contributed by atoms with Gasteiger partial charge in [0.1, 0.15) is 0 Å². The van der Waals surface area contributed by atoms with Gasteiger partial charge in [-0.2, -0.15) is 0 Å². The van der Waals surface area contributed by atoms with E-state index in [4.69, 9.17) is 9.47 Å². The lowest BCUT2D eigenvalue weighted by Gasteiger charge is -2.17. The highest BCUT2D eigenvalue weighted by Crippen LogP contribution is 2.36. The molecule has 1 aromatic rings. The molecule has 0 spiro atoms. The Labute approximate surface area is 129 Å². The van der Waals surface area contributed by atoms with Crippen LogP contribution in [0.15, 0.2) is 16.6 Å². The van der Waals surface area contributed by atoms with Gasteiger partial charge in [-0.1, -0.05) is 6.92 Å². The number of nitrogens with one attached hydrogen (secondary N) is 1. The monoisotopic (exact) mass is 345 g/mol. The number of halogens is 1. The van der Waals surface area contributed by atoms with Crippen molar-refractivity contribution in [3.8, 4) is 11.5 Å². The maximum atomic E-state index is 9.20. The van der Waals surface area contributed by atoms with E-state index in [1.54, 1.807) is 0 Å². The van der Waals surface area contributed by atoms with Crippen LogP contribution >= 0.6 is 15.9 Å². The highest BCUT2D eigenvalue weighted by Gasteiger charge is 2.12. The van der Waals surface area contributed by atoms with Gasteiger partial charge < -0.3 is 19.9 Å². The zero-order valence-corrected chi connectivity index (χ0v) is 14.0. The molecule has 0 heterocycles. The summed E-state index contributed by atoms with van der Waals surface area (Å²) in [6.45, 7) is 7.97. The van der Waals surface area contributed by atoms with Crippen molar-refractivity contribution in [2.24, 2.45) is 0 Å². The van der Waals surface area contributed by atoms with Crippen molar-refractivity contribution < 1.29 is 14.6 Å². The number of hydrogen-bond donors (Lipinski definition) is 2. The second-order valence-electron chi connectivity index (χ2n) is 4.44. The van der Waals surface area contributed by atoms with Crippen LogP contribution in [-0.2, 0) is 6.54 Å². The van der Waals surface area contributed by atoms with Gasteiger partial charge in [-0.15, -0.1) is 0 Å². The van der Waals surface area contributed by atoms with Crippen molar-refractivity contribution in [2.75, 3.05) is 19.8 Å². The Balaban J connectivity index is 2.87. The van der Waals surface area contributed by atoms with Gasteiger partial charge in [0.25, 0.3) is 0 Å². The van der Waals surface area contributed by atoms with Gasteiger partial charge >= 0.3 is 0 Å². The van der Waals surface area contributed by atoms with E-state index in [-0.39, 0.29) is 12.6 Å². The van der Waals surface area contributed by atoms with E-state index in [9.17, 15) is 5.11 Å². The molecule has 1 atom stereocenters. The number of aliphatic hydroxyl groups is 1. The van der Waals surface area contributed by atoms with Gasteiger partial charge in [-0.05, 0) is 53.9 Å². The third-order valence-electron chi connectivity index (χ3n) is 2.97. The van der Waals surface area contributed by atoms with E-state index < -0.39 is 0 Å². The molecule has 0 aliphatic heterocycles. The molecule has 0 unspecified atom stereocenters. The molecule has 0 fully saturated rings. The number of hydrogen-bond acceptors (Lipinski definition) is 4. The predicted molar refractivity (Wildman–Crippen MR) is 84.5 cm³/mol. The lowest BCUT2D eigenvalue weighted by atomic mass is 10.1. The van der Waals surface area contributed by atoms with Gasteiger partial charge in [0, 0.05) is 12.6 Å². The second kappa shape index (κ2) is 9.21. The van der Waals surface area contributed by atoms with Crippen molar-refractivity contribution in [3.63, 3.8) is 0 Å². The van der Waals surface area contributed by atoms with Crippen LogP contribution in [0, 0.1) is 0 Å². The van der Waals surface area contributed by atoms with Gasteiger partial charge in [-0.3, -0.25) is 0 Å². The lowest BCUT2D eigenvalue weighted by Crippen LogP contribution is -2.31. The van der Waals surface area contributed by atoms with Crippen LogP contribution in [0.1, 0.15) is 32.8 Å². The molecular formula is C15H24BrNO3. The third-order valence-corrected chi connectivity index (χ3v) is 3.55. The maximum Gasteiger partial charge on any atom is 0.175 e. The van der Waals surface area contributed by atoms with Gasteiger partial charge in [-0.25, -0.2) is 0 Å². The molecule has 0 amide bonds. The summed E-state index contributed by atoms with van der Waals surface area (Å²) < 4.78 is 12.1. The summed E-state index contributed by atoms with van der Waals surface area (Å²) in [7, 11) is 0. The molecule has 20 heavy (non-hydrogen) atoms. The Bertz CT molecular complexity index is 408. The Morgan fingerprint density at radius 1 is 1.20 bits per heavy atom. The number of ether oxygens (including phenoxy) is 2. The first-order chi connectivity index (χ1) is 9.65. The topological polar surface area (TPSA) is 50.7 Å². The first kappa shape index (κ1) is 17.3. The van der Waals surface area contributed by atoms with Crippen LogP contribution in [0.2, 0.25) is 0 Å². The van der Waals surface area contributed by atoms with Crippen LogP contribution in [0.4, 0.5) is 0 Å². The minimum Gasteiger partial charge on any atom is -0.490 e. The van der Waals surface area contributed by atoms with Crippen LogP contribution in [-0.4, -0.2) is 31.0 Å². The number of aliphatic hydroxyl groups excluding tert-OH is 1. The summed E-state index contributed by atoms with van der Waals surface area (Å²) in [5.41, 5.74) is 1.09.